The summed E-state index contributed by atoms with van der Waals surface area (Å²) < 4.78 is 11.9. The number of carbonyl (C=O) groups excluding carboxylic acids is 1. The van der Waals surface area contributed by atoms with Crippen LogP contribution in [0.2, 0.25) is 0 Å². The number of ether oxygens (including phenoxy) is 2. The van der Waals surface area contributed by atoms with E-state index in [0.717, 1.165) is 43.4 Å². The number of hydrogen-bond donors (Lipinski definition) is 1. The van der Waals surface area contributed by atoms with Gasteiger partial charge in [-0.1, -0.05) is 13.8 Å². The van der Waals surface area contributed by atoms with Gasteiger partial charge in [-0.25, -0.2) is 0 Å². The molecule has 1 unspecified atom stereocenters. The van der Waals surface area contributed by atoms with Crippen molar-refractivity contribution in [1.82, 2.24) is 10.2 Å². The van der Waals surface area contributed by atoms with Crippen molar-refractivity contribution in [3.05, 3.63) is 22.2 Å². The predicted molar refractivity (Wildman–Crippen MR) is 99.1 cm³/mol. The highest BCUT2D eigenvalue weighted by Gasteiger charge is 2.27. The lowest BCUT2D eigenvalue weighted by Crippen LogP contribution is -2.42. The van der Waals surface area contributed by atoms with Gasteiger partial charge < -0.3 is 19.7 Å². The molecule has 0 aliphatic carbocycles. The van der Waals surface area contributed by atoms with Crippen molar-refractivity contribution in [1.29, 1.82) is 0 Å². The first kappa shape index (κ1) is 19.1. The molecule has 1 fully saturated rings. The number of halogens is 1. The molecular weight excluding hydrogens is 372 g/mol. The van der Waals surface area contributed by atoms with Crippen molar-refractivity contribution in [3.8, 4) is 11.5 Å². The van der Waals surface area contributed by atoms with E-state index in [1.54, 1.807) is 13.2 Å². The van der Waals surface area contributed by atoms with E-state index >= 15 is 0 Å². The summed E-state index contributed by atoms with van der Waals surface area (Å²) in [5, 5.41) is 3.34. The van der Waals surface area contributed by atoms with Crippen LogP contribution in [-0.2, 0) is 0 Å². The number of amides is 1. The van der Waals surface area contributed by atoms with E-state index < -0.39 is 0 Å². The summed E-state index contributed by atoms with van der Waals surface area (Å²) in [5.74, 6) is 1.29. The average Bonchev–Trinajstić information content (AvgIpc) is 3.11. The molecule has 134 valence electrons. The molecule has 6 heteroatoms. The fourth-order valence-electron chi connectivity index (χ4n) is 2.95. The maximum atomic E-state index is 13.0. The van der Waals surface area contributed by atoms with Crippen LogP contribution < -0.4 is 14.8 Å². The zero-order valence-corrected chi connectivity index (χ0v) is 16.3. The zero-order chi connectivity index (χ0) is 17.5. The predicted octanol–water partition coefficient (Wildman–Crippen LogP) is 3.46. The third kappa shape index (κ3) is 4.42. The first-order valence-corrected chi connectivity index (χ1v) is 9.43. The van der Waals surface area contributed by atoms with Crippen LogP contribution in [0.1, 0.15) is 43.5 Å². The van der Waals surface area contributed by atoms with Gasteiger partial charge in [0, 0.05) is 24.7 Å². The lowest BCUT2D eigenvalue weighted by atomic mass is 10.1. The van der Waals surface area contributed by atoms with Crippen molar-refractivity contribution in [2.75, 3.05) is 33.4 Å². The first-order valence-electron chi connectivity index (χ1n) is 8.64. The Kier molecular flexibility index (Phi) is 7.37. The second-order valence-electron chi connectivity index (χ2n) is 5.98. The molecule has 5 nitrogen and oxygen atoms in total. The SMILES string of the molecule is CCCOc1c(Br)cc(C(=O)N(CCC)C2CCNC2)cc1OC. The summed E-state index contributed by atoms with van der Waals surface area (Å²) in [4.78, 5) is 15.0. The van der Waals surface area contributed by atoms with Crippen molar-refractivity contribution in [3.63, 3.8) is 0 Å². The zero-order valence-electron chi connectivity index (χ0n) is 14.7. The molecule has 1 aliphatic rings. The molecule has 0 spiro atoms. The van der Waals surface area contributed by atoms with E-state index in [4.69, 9.17) is 9.47 Å². The van der Waals surface area contributed by atoms with Crippen LogP contribution in [-0.4, -0.2) is 50.2 Å². The van der Waals surface area contributed by atoms with Gasteiger partial charge in [0.15, 0.2) is 11.5 Å². The summed E-state index contributed by atoms with van der Waals surface area (Å²) in [5.41, 5.74) is 0.628. The number of carbonyl (C=O) groups is 1. The molecule has 1 aliphatic heterocycles. The second-order valence-corrected chi connectivity index (χ2v) is 6.84. The lowest BCUT2D eigenvalue weighted by molar-refractivity contribution is 0.0691. The van der Waals surface area contributed by atoms with Crippen LogP contribution in [0.5, 0.6) is 11.5 Å². The largest absolute Gasteiger partial charge is 0.493 e. The molecule has 0 radical (unpaired) electrons. The quantitative estimate of drug-likeness (QED) is 0.728. The molecule has 24 heavy (non-hydrogen) atoms. The molecule has 0 saturated carbocycles. The Morgan fingerprint density at radius 3 is 2.75 bits per heavy atom. The van der Waals surface area contributed by atoms with Crippen LogP contribution in [0.25, 0.3) is 0 Å². The molecular formula is C18H27BrN2O3. The maximum Gasteiger partial charge on any atom is 0.254 e. The van der Waals surface area contributed by atoms with Crippen LogP contribution in [0, 0.1) is 0 Å². The Morgan fingerprint density at radius 1 is 1.38 bits per heavy atom. The Balaban J connectivity index is 2.28. The molecule has 1 heterocycles. The number of hydrogen-bond acceptors (Lipinski definition) is 4. The van der Waals surface area contributed by atoms with Gasteiger partial charge in [0.25, 0.3) is 5.91 Å². The molecule has 1 saturated heterocycles. The van der Waals surface area contributed by atoms with E-state index in [1.807, 2.05) is 11.0 Å². The van der Waals surface area contributed by atoms with Gasteiger partial charge >= 0.3 is 0 Å². The molecule has 1 aromatic carbocycles. The van der Waals surface area contributed by atoms with E-state index in [9.17, 15) is 4.79 Å². The Bertz CT molecular complexity index is 559. The normalized spacial score (nSPS) is 16.9. The summed E-state index contributed by atoms with van der Waals surface area (Å²) in [7, 11) is 1.60. The van der Waals surface area contributed by atoms with E-state index in [0.29, 0.717) is 23.7 Å². The molecule has 0 bridgehead atoms. The standard InChI is InChI=1S/C18H27BrN2O3/c1-4-8-21(14-6-7-20-12-14)18(22)13-10-15(19)17(24-9-5-2)16(11-13)23-3/h10-11,14,20H,4-9,12H2,1-3H3. The highest BCUT2D eigenvalue weighted by atomic mass is 79.9. The summed E-state index contributed by atoms with van der Waals surface area (Å²) in [6, 6.07) is 3.88. The molecule has 1 aromatic rings. The van der Waals surface area contributed by atoms with Crippen LogP contribution in [0.4, 0.5) is 0 Å². The molecule has 1 N–H and O–H groups in total. The van der Waals surface area contributed by atoms with Gasteiger partial charge in [-0.2, -0.15) is 0 Å². The number of rotatable bonds is 8. The topological polar surface area (TPSA) is 50.8 Å². The fraction of sp³-hybridized carbons (Fsp3) is 0.611. The van der Waals surface area contributed by atoms with Gasteiger partial charge in [-0.05, 0) is 53.9 Å². The smallest absolute Gasteiger partial charge is 0.254 e. The van der Waals surface area contributed by atoms with E-state index in [-0.39, 0.29) is 11.9 Å². The van der Waals surface area contributed by atoms with Gasteiger partial charge in [-0.15, -0.1) is 0 Å². The second kappa shape index (κ2) is 9.28. The fourth-order valence-corrected chi connectivity index (χ4v) is 3.51. The Labute approximate surface area is 152 Å². The minimum absolute atomic E-state index is 0.0478. The van der Waals surface area contributed by atoms with Crippen molar-refractivity contribution in [2.45, 2.75) is 39.2 Å². The minimum Gasteiger partial charge on any atom is -0.493 e. The Morgan fingerprint density at radius 2 is 2.17 bits per heavy atom. The summed E-state index contributed by atoms with van der Waals surface area (Å²) in [6.45, 7) is 7.35. The highest BCUT2D eigenvalue weighted by Crippen LogP contribution is 2.37. The molecule has 1 amide bonds. The van der Waals surface area contributed by atoms with Gasteiger partial charge in [0.05, 0.1) is 18.2 Å². The number of nitrogens with zero attached hydrogens (tertiary/aromatic N) is 1. The third-order valence-corrected chi connectivity index (χ3v) is 4.72. The minimum atomic E-state index is 0.0478. The highest BCUT2D eigenvalue weighted by molar-refractivity contribution is 9.10. The van der Waals surface area contributed by atoms with Gasteiger partial charge in [0.1, 0.15) is 0 Å². The number of methoxy groups -OCH3 is 1. The summed E-state index contributed by atoms with van der Waals surface area (Å²) in [6.07, 6.45) is 2.86. The van der Waals surface area contributed by atoms with E-state index in [1.165, 1.54) is 0 Å². The van der Waals surface area contributed by atoms with Crippen LogP contribution in [0.15, 0.2) is 16.6 Å². The molecule has 0 aromatic heterocycles. The van der Waals surface area contributed by atoms with Crippen molar-refractivity contribution < 1.29 is 14.3 Å². The maximum absolute atomic E-state index is 13.0. The van der Waals surface area contributed by atoms with Crippen LogP contribution >= 0.6 is 15.9 Å². The van der Waals surface area contributed by atoms with Gasteiger partial charge in [-0.3, -0.25) is 4.79 Å². The number of nitrogens with one attached hydrogen (secondary N) is 1. The molecule has 1 atom stereocenters. The van der Waals surface area contributed by atoms with Crippen molar-refractivity contribution in [2.24, 2.45) is 0 Å². The molecule has 2 rings (SSSR count). The first-order chi connectivity index (χ1) is 11.6. The third-order valence-electron chi connectivity index (χ3n) is 4.13. The monoisotopic (exact) mass is 398 g/mol. The van der Waals surface area contributed by atoms with Crippen molar-refractivity contribution >= 4 is 21.8 Å². The number of benzene rings is 1. The average molecular weight is 399 g/mol. The Hall–Kier alpha value is -1.27. The lowest BCUT2D eigenvalue weighted by Gasteiger charge is -2.28. The summed E-state index contributed by atoms with van der Waals surface area (Å²) >= 11 is 3.52. The van der Waals surface area contributed by atoms with Gasteiger partial charge in [0.2, 0.25) is 0 Å². The van der Waals surface area contributed by atoms with Crippen LogP contribution in [0.3, 0.4) is 0 Å². The van der Waals surface area contributed by atoms with E-state index in [2.05, 4.69) is 35.1 Å².